The molecule has 2 rings (SSSR count). The van der Waals surface area contributed by atoms with Crippen LogP contribution in [0.4, 0.5) is 13.2 Å². The third-order valence-corrected chi connectivity index (χ3v) is 5.81. The molecule has 0 bridgehead atoms. The van der Waals surface area contributed by atoms with Gasteiger partial charge in [0, 0.05) is 19.0 Å². The van der Waals surface area contributed by atoms with Gasteiger partial charge in [-0.15, -0.1) is 11.6 Å². The van der Waals surface area contributed by atoms with Crippen LogP contribution in [0.2, 0.25) is 0 Å². The van der Waals surface area contributed by atoms with Crippen molar-refractivity contribution in [3.05, 3.63) is 29.8 Å². The van der Waals surface area contributed by atoms with Gasteiger partial charge in [-0.25, -0.2) is 12.7 Å². The van der Waals surface area contributed by atoms with Crippen LogP contribution in [0.5, 0.6) is 0 Å². The molecule has 0 aliphatic heterocycles. The molecule has 1 aliphatic carbocycles. The normalized spacial score (nSPS) is 23.1. The minimum atomic E-state index is -4.71. The van der Waals surface area contributed by atoms with E-state index in [4.69, 9.17) is 11.6 Å². The van der Waals surface area contributed by atoms with Crippen LogP contribution in [0.1, 0.15) is 18.4 Å². The zero-order valence-electron chi connectivity index (χ0n) is 11.3. The smallest absolute Gasteiger partial charge is 0.207 e. The topological polar surface area (TPSA) is 37.4 Å². The molecule has 1 aromatic rings. The van der Waals surface area contributed by atoms with Gasteiger partial charge in [-0.2, -0.15) is 13.2 Å². The molecule has 0 radical (unpaired) electrons. The van der Waals surface area contributed by atoms with Gasteiger partial charge in [0.25, 0.3) is 0 Å². The lowest BCUT2D eigenvalue weighted by Gasteiger charge is -2.33. The fraction of sp³-hybridized carbons (Fsp3) is 0.538. The highest BCUT2D eigenvalue weighted by molar-refractivity contribution is 7.89. The summed E-state index contributed by atoms with van der Waals surface area (Å²) in [6.07, 6.45) is -3.34. The molecule has 1 saturated carbocycles. The molecule has 0 saturated heterocycles. The van der Waals surface area contributed by atoms with Gasteiger partial charge in [0.15, 0.2) is 0 Å². The zero-order valence-corrected chi connectivity index (χ0v) is 12.8. The predicted molar refractivity (Wildman–Crippen MR) is 73.6 cm³/mol. The van der Waals surface area contributed by atoms with Crippen LogP contribution in [0.15, 0.2) is 29.2 Å². The molecule has 8 heteroatoms. The third-order valence-electron chi connectivity index (χ3n) is 3.57. The molecule has 1 fully saturated rings. The molecule has 1 aliphatic rings. The molecule has 0 spiro atoms. The molecule has 0 N–H and O–H groups in total. The van der Waals surface area contributed by atoms with Gasteiger partial charge in [-0.1, -0.05) is 12.1 Å². The van der Waals surface area contributed by atoms with E-state index in [0.29, 0.717) is 12.8 Å². The standard InChI is InChI=1S/C13H15ClF3NO2S/c1-18(8-9-6-10(14)7-9)21(19,20)12-5-3-2-4-11(12)13(15,16)17/h2-5,9-10H,6-8H2,1H3. The van der Waals surface area contributed by atoms with Crippen LogP contribution in [-0.4, -0.2) is 31.7 Å². The average Bonchev–Trinajstić information content (AvgIpc) is 2.35. The molecule has 21 heavy (non-hydrogen) atoms. The molecule has 0 atom stereocenters. The van der Waals surface area contributed by atoms with E-state index in [2.05, 4.69) is 0 Å². The second kappa shape index (κ2) is 5.78. The third kappa shape index (κ3) is 3.52. The summed E-state index contributed by atoms with van der Waals surface area (Å²) >= 11 is 5.83. The van der Waals surface area contributed by atoms with Crippen LogP contribution < -0.4 is 0 Å². The first-order valence-electron chi connectivity index (χ1n) is 6.39. The lowest BCUT2D eigenvalue weighted by Crippen LogP contribution is -2.38. The van der Waals surface area contributed by atoms with Crippen molar-refractivity contribution < 1.29 is 21.6 Å². The average molecular weight is 342 g/mol. The SMILES string of the molecule is CN(CC1CC(Cl)C1)S(=O)(=O)c1ccccc1C(F)(F)F. The van der Waals surface area contributed by atoms with Crippen molar-refractivity contribution in [3.63, 3.8) is 0 Å². The molecule has 1 aromatic carbocycles. The molecule has 0 aromatic heterocycles. The Labute approximate surface area is 126 Å². The second-order valence-corrected chi connectivity index (χ2v) is 7.84. The van der Waals surface area contributed by atoms with E-state index >= 15 is 0 Å². The van der Waals surface area contributed by atoms with Crippen LogP contribution in [0, 0.1) is 5.92 Å². The van der Waals surface area contributed by atoms with Crippen molar-refractivity contribution in [1.82, 2.24) is 4.31 Å². The minimum Gasteiger partial charge on any atom is -0.207 e. The number of rotatable bonds is 4. The number of nitrogens with zero attached hydrogens (tertiary/aromatic N) is 1. The fourth-order valence-electron chi connectivity index (χ4n) is 2.36. The van der Waals surface area contributed by atoms with E-state index in [1.165, 1.54) is 19.2 Å². The summed E-state index contributed by atoms with van der Waals surface area (Å²) < 4.78 is 64.5. The Balaban J connectivity index is 2.27. The highest BCUT2D eigenvalue weighted by Gasteiger charge is 2.39. The summed E-state index contributed by atoms with van der Waals surface area (Å²) in [7, 11) is -2.88. The van der Waals surface area contributed by atoms with E-state index in [9.17, 15) is 21.6 Å². The summed E-state index contributed by atoms with van der Waals surface area (Å²) in [5, 5.41) is 0.0357. The highest BCUT2D eigenvalue weighted by atomic mass is 35.5. The maximum Gasteiger partial charge on any atom is 0.417 e. The first-order valence-corrected chi connectivity index (χ1v) is 8.26. The number of benzene rings is 1. The van der Waals surface area contributed by atoms with Crippen LogP contribution in [0.3, 0.4) is 0 Å². The lowest BCUT2D eigenvalue weighted by atomic mass is 9.85. The van der Waals surface area contributed by atoms with E-state index in [1.807, 2.05) is 0 Å². The molecule has 0 amide bonds. The Morgan fingerprint density at radius 2 is 1.86 bits per heavy atom. The van der Waals surface area contributed by atoms with Crippen LogP contribution >= 0.6 is 11.6 Å². The monoisotopic (exact) mass is 341 g/mol. The van der Waals surface area contributed by atoms with Crippen molar-refractivity contribution >= 4 is 21.6 Å². The zero-order chi connectivity index (χ0) is 15.8. The first kappa shape index (κ1) is 16.6. The maximum absolute atomic E-state index is 12.9. The van der Waals surface area contributed by atoms with Crippen molar-refractivity contribution in [2.45, 2.75) is 29.3 Å². The van der Waals surface area contributed by atoms with Crippen molar-refractivity contribution in [3.8, 4) is 0 Å². The van der Waals surface area contributed by atoms with Crippen molar-refractivity contribution in [2.24, 2.45) is 5.92 Å². The van der Waals surface area contributed by atoms with Crippen LogP contribution in [0.25, 0.3) is 0 Å². The number of sulfonamides is 1. The quantitative estimate of drug-likeness (QED) is 0.788. The summed E-state index contributed by atoms with van der Waals surface area (Å²) in [5.41, 5.74) is -1.14. The van der Waals surface area contributed by atoms with E-state index in [0.717, 1.165) is 16.4 Å². The van der Waals surface area contributed by atoms with Gasteiger partial charge in [-0.3, -0.25) is 0 Å². The summed E-state index contributed by atoms with van der Waals surface area (Å²) in [5.74, 6) is 0.102. The van der Waals surface area contributed by atoms with Gasteiger partial charge in [0.2, 0.25) is 10.0 Å². The Bertz CT molecular complexity index is 612. The predicted octanol–water partition coefficient (Wildman–Crippen LogP) is 3.34. The number of hydrogen-bond donors (Lipinski definition) is 0. The van der Waals surface area contributed by atoms with Gasteiger partial charge >= 0.3 is 6.18 Å². The van der Waals surface area contributed by atoms with E-state index < -0.39 is 26.7 Å². The number of halogens is 4. The van der Waals surface area contributed by atoms with Gasteiger partial charge in [0.05, 0.1) is 10.5 Å². The van der Waals surface area contributed by atoms with Gasteiger partial charge < -0.3 is 0 Å². The molecule has 0 unspecified atom stereocenters. The number of alkyl halides is 4. The fourth-order valence-corrected chi connectivity index (χ4v) is 4.32. The minimum absolute atomic E-state index is 0.0357. The van der Waals surface area contributed by atoms with Crippen LogP contribution in [-0.2, 0) is 16.2 Å². The lowest BCUT2D eigenvalue weighted by molar-refractivity contribution is -0.139. The maximum atomic E-state index is 12.9. The second-order valence-electron chi connectivity index (χ2n) is 5.21. The van der Waals surface area contributed by atoms with Gasteiger partial charge in [0.1, 0.15) is 0 Å². The van der Waals surface area contributed by atoms with Crippen molar-refractivity contribution in [2.75, 3.05) is 13.6 Å². The highest BCUT2D eigenvalue weighted by Crippen LogP contribution is 2.36. The van der Waals surface area contributed by atoms with E-state index in [1.54, 1.807) is 0 Å². The Kier molecular flexibility index (Phi) is 4.56. The Hall–Kier alpha value is -0.790. The summed E-state index contributed by atoms with van der Waals surface area (Å²) in [4.78, 5) is -0.707. The van der Waals surface area contributed by atoms with E-state index in [-0.39, 0.29) is 17.8 Å². The number of hydrogen-bond acceptors (Lipinski definition) is 2. The summed E-state index contributed by atoms with van der Waals surface area (Å²) in [6, 6.07) is 4.22. The molecule has 3 nitrogen and oxygen atoms in total. The largest absolute Gasteiger partial charge is 0.417 e. The van der Waals surface area contributed by atoms with Crippen molar-refractivity contribution in [1.29, 1.82) is 0 Å². The summed E-state index contributed by atoms with van der Waals surface area (Å²) in [6.45, 7) is 0.178. The Morgan fingerprint density at radius 3 is 2.38 bits per heavy atom. The van der Waals surface area contributed by atoms with Gasteiger partial charge in [-0.05, 0) is 30.9 Å². The molecule has 118 valence electrons. The molecular weight excluding hydrogens is 327 g/mol. The Morgan fingerprint density at radius 1 is 1.29 bits per heavy atom. The molecular formula is C13H15ClF3NO2S. The first-order chi connectivity index (χ1) is 9.62. The molecule has 0 heterocycles.